The van der Waals surface area contributed by atoms with E-state index >= 15 is 0 Å². The second kappa shape index (κ2) is 1.72. The number of hydrogen-bond donors (Lipinski definition) is 2. The largest absolute Gasteiger partial charge is 0.295 e. The second-order valence-corrected chi connectivity index (χ2v) is 0.701. The predicted molar refractivity (Wildman–Crippen MR) is 18.0 cm³/mol. The van der Waals surface area contributed by atoms with Gasteiger partial charge in [-0.2, -0.15) is 0 Å². The summed E-state index contributed by atoms with van der Waals surface area (Å²) in [7, 11) is 0. The van der Waals surface area contributed by atoms with Crippen LogP contribution in [0.3, 0.4) is 0 Å². The molecule has 0 saturated heterocycles. The minimum Gasteiger partial charge on any atom is -0.295 e. The molecule has 0 unspecified atom stereocenters. The summed E-state index contributed by atoms with van der Waals surface area (Å²) in [5.41, 5.74) is 1.89. The molecule has 0 aromatic carbocycles. The molecule has 0 saturated carbocycles. The summed E-state index contributed by atoms with van der Waals surface area (Å²) in [4.78, 5) is 9.58. The van der Waals surface area contributed by atoms with Crippen LogP contribution in [0.25, 0.3) is 0 Å². The van der Waals surface area contributed by atoms with Crippen molar-refractivity contribution in [2.75, 3.05) is 0 Å². The first-order chi connectivity index (χ1) is 2.27. The fourth-order valence-corrected chi connectivity index (χ4v) is 0. The van der Waals surface area contributed by atoms with Crippen molar-refractivity contribution in [1.82, 2.24) is 5.43 Å². The average molecular weight is 76.1 g/mol. The van der Waals surface area contributed by atoms with Crippen LogP contribution in [0.1, 0.15) is 6.92 Å². The van der Waals surface area contributed by atoms with E-state index in [9.17, 15) is 4.79 Å². The fourth-order valence-electron chi connectivity index (χ4n) is 0. The summed E-state index contributed by atoms with van der Waals surface area (Å²) in [5.74, 6) is 4.35. The molecule has 0 rings (SSSR count). The number of nitrogens with two attached hydrogens (primary N) is 1. The van der Waals surface area contributed by atoms with Gasteiger partial charge in [-0.1, -0.05) is 0 Å². The maximum atomic E-state index is 9.58. The van der Waals surface area contributed by atoms with Crippen molar-refractivity contribution in [2.24, 2.45) is 5.84 Å². The van der Waals surface area contributed by atoms with Gasteiger partial charge in [0.1, 0.15) is 0 Å². The molecule has 30 valence electrons. The summed E-state index contributed by atoms with van der Waals surface area (Å²) in [6, 6.07) is 0. The molecule has 0 aromatic heterocycles. The summed E-state index contributed by atoms with van der Waals surface area (Å²) < 4.78 is 0. The maximum absolute atomic E-state index is 9.58. The lowest BCUT2D eigenvalue weighted by molar-refractivity contribution is -0.119. The summed E-state index contributed by atoms with van der Waals surface area (Å²) in [5, 5.41) is 0. The van der Waals surface area contributed by atoms with Gasteiger partial charge in [0, 0.05) is 6.92 Å². The van der Waals surface area contributed by atoms with Crippen molar-refractivity contribution in [3.05, 3.63) is 0 Å². The van der Waals surface area contributed by atoms with Crippen molar-refractivity contribution in [3.8, 4) is 0 Å². The molecule has 3 nitrogen and oxygen atoms in total. The molecule has 0 aromatic rings. The van der Waals surface area contributed by atoms with Crippen molar-refractivity contribution in [2.45, 2.75) is 6.92 Å². The molecule has 0 heterocycles. The van der Waals surface area contributed by atoms with Crippen molar-refractivity contribution in [3.63, 3.8) is 0 Å². The van der Waals surface area contributed by atoms with E-state index < -0.39 is 0 Å². The number of carbonyl (C=O) groups is 1. The molecule has 0 aliphatic carbocycles. The van der Waals surface area contributed by atoms with Crippen molar-refractivity contribution in [1.29, 1.82) is 0 Å². The van der Waals surface area contributed by atoms with Gasteiger partial charge in [0.05, 0.1) is 0 Å². The minimum atomic E-state index is -0.218. The smallest absolute Gasteiger partial charge is 0.230 e. The van der Waals surface area contributed by atoms with E-state index in [1.165, 1.54) is 6.92 Å². The van der Waals surface area contributed by atoms with Gasteiger partial charge in [-0.05, 0) is 0 Å². The lowest BCUT2D eigenvalue weighted by atomic mass is 10.8. The Kier molecular flexibility index (Phi) is 1.53. The number of nitrogens with one attached hydrogen (secondary N) is 1. The highest BCUT2D eigenvalue weighted by Crippen LogP contribution is 1.41. The molecule has 0 bridgehead atoms. The molecule has 0 atom stereocenters. The molecule has 1 amide bonds. The zero-order valence-electron chi connectivity index (χ0n) is 2.99. The van der Waals surface area contributed by atoms with Crippen LogP contribution in [0, 0.1) is 0 Å². The van der Waals surface area contributed by atoms with Gasteiger partial charge in [0.2, 0.25) is 5.91 Å². The van der Waals surface area contributed by atoms with Gasteiger partial charge in [0.15, 0.2) is 0 Å². The van der Waals surface area contributed by atoms with E-state index in [0.717, 1.165) is 0 Å². The molecule has 0 radical (unpaired) electrons. The topological polar surface area (TPSA) is 55.1 Å². The third-order valence-corrected chi connectivity index (χ3v) is 0.203. The lowest BCUT2D eigenvalue weighted by Gasteiger charge is -1.80. The molecule has 0 aliphatic heterocycles. The van der Waals surface area contributed by atoms with E-state index in [4.69, 9.17) is 0 Å². The zero-order valence-corrected chi connectivity index (χ0v) is 2.99. The van der Waals surface area contributed by atoms with Crippen LogP contribution in [-0.4, -0.2) is 5.91 Å². The fraction of sp³-hybridized carbons (Fsp3) is 0.500. The predicted octanol–water partition coefficient (Wildman–Crippen LogP) is -1.00. The first kappa shape index (κ1) is 4.43. The van der Waals surface area contributed by atoms with Crippen molar-refractivity contribution < 1.29 is 4.79 Å². The van der Waals surface area contributed by atoms with Crippen LogP contribution in [0.2, 0.25) is 0 Å². The first-order valence-corrected chi connectivity index (χ1v) is 1.24. The van der Waals surface area contributed by atoms with E-state index in [0.29, 0.717) is 0 Å². The van der Waals surface area contributed by atoms with Crippen molar-refractivity contribution >= 4 is 5.91 Å². The van der Waals surface area contributed by atoms with Gasteiger partial charge in [-0.15, -0.1) is 0 Å². The number of carbonyl (C=O) groups excluding carboxylic acids is 1. The summed E-state index contributed by atoms with van der Waals surface area (Å²) in [6.07, 6.45) is 0. The van der Waals surface area contributed by atoms with Crippen LogP contribution in [0.15, 0.2) is 0 Å². The van der Waals surface area contributed by atoms with Crippen LogP contribution in [0.5, 0.6) is 0 Å². The molecule has 0 aliphatic rings. The highest BCUT2D eigenvalue weighted by atomic mass is 16.3. The van der Waals surface area contributed by atoms with Gasteiger partial charge < -0.3 is 0 Å². The molecule has 3 heteroatoms. The first-order valence-electron chi connectivity index (χ1n) is 1.24. The highest BCUT2D eigenvalue weighted by Gasteiger charge is 1.73. The Labute approximate surface area is 30.1 Å². The molecule has 5 heavy (non-hydrogen) atoms. The van der Waals surface area contributed by atoms with Crippen LogP contribution in [-0.2, 0) is 4.79 Å². The zero-order chi connectivity index (χ0) is 4.28. The average Bonchev–Trinajstić information content (AvgIpc) is 1.38. The Hall–Kier alpha value is -0.570. The summed E-state index contributed by atoms with van der Waals surface area (Å²) in [6.45, 7) is 1.35. The van der Waals surface area contributed by atoms with E-state index in [2.05, 4.69) is 5.84 Å². The van der Waals surface area contributed by atoms with E-state index in [1.54, 1.807) is 0 Å². The van der Waals surface area contributed by atoms with Gasteiger partial charge >= 0.3 is 0 Å². The third kappa shape index (κ3) is 3.43. The number of amides is 1. The van der Waals surface area contributed by atoms with Crippen LogP contribution in [0.4, 0.5) is 0 Å². The Bertz CT molecular complexity index is 42.9. The third-order valence-electron chi connectivity index (χ3n) is 0.203. The Morgan fingerprint density at radius 2 is 2.20 bits per heavy atom. The minimum absolute atomic E-state index is 0.218. The number of rotatable bonds is 0. The Morgan fingerprint density at radius 3 is 2.20 bits per heavy atom. The highest BCUT2D eigenvalue weighted by molar-refractivity contribution is 5.71. The monoisotopic (exact) mass is 76.0 g/mol. The van der Waals surface area contributed by atoms with Gasteiger partial charge in [-0.3, -0.25) is 10.2 Å². The van der Waals surface area contributed by atoms with Crippen LogP contribution < -0.4 is 11.3 Å². The number of hydrogen-bond acceptors (Lipinski definition) is 2. The van der Waals surface area contributed by atoms with Crippen LogP contribution >= 0.6 is 0 Å². The number of hydrazine groups is 1. The lowest BCUT2D eigenvalue weighted by Crippen LogP contribution is -2.26. The standard InChI is InChI=1S/C2H6N2O/c1-2(5)4-3/h3H2,1H3,(H,4,5)/i3+1,4+1. The molecular weight excluding hydrogens is 70.0 g/mol. The van der Waals surface area contributed by atoms with E-state index in [1.807, 2.05) is 5.43 Å². The van der Waals surface area contributed by atoms with Gasteiger partial charge in [0.25, 0.3) is 0 Å². The van der Waals surface area contributed by atoms with Gasteiger partial charge in [-0.25, -0.2) is 5.84 Å². The Balaban J connectivity index is 2.85. The molecule has 3 N–H and O–H groups in total. The quantitative estimate of drug-likeness (QED) is 0.168. The molecular formula is C2H6N2O. The second-order valence-electron chi connectivity index (χ2n) is 0.701. The van der Waals surface area contributed by atoms with E-state index in [-0.39, 0.29) is 5.91 Å². The normalized spacial score (nSPS) is 6.80. The molecule has 0 fully saturated rings. The Morgan fingerprint density at radius 1 is 2.00 bits per heavy atom. The summed E-state index contributed by atoms with van der Waals surface area (Å²) >= 11 is 0. The SMILES string of the molecule is CC(=O)[15NH][15NH2]. The molecule has 0 spiro atoms. The maximum Gasteiger partial charge on any atom is 0.230 e.